The van der Waals surface area contributed by atoms with Gasteiger partial charge in [0.05, 0.1) is 11.6 Å². The quantitative estimate of drug-likeness (QED) is 0.698. The molecular weight excluding hydrogens is 201 g/mol. The lowest BCUT2D eigenvalue weighted by Crippen LogP contribution is -2.06. The molecule has 0 aliphatic heterocycles. The Morgan fingerprint density at radius 2 is 1.53 bits per heavy atom. The zero-order chi connectivity index (χ0) is 10.5. The maximum Gasteiger partial charge on any atom is 0.0998 e. The summed E-state index contributed by atoms with van der Waals surface area (Å²) in [5.41, 5.74) is 0.777. The molecule has 0 amide bonds. The zero-order valence-corrected chi connectivity index (χ0v) is 9.14. The normalized spacial score (nSPS) is 10.3. The van der Waals surface area contributed by atoms with E-state index < -0.39 is 0 Å². The Labute approximate surface area is 91.2 Å². The van der Waals surface area contributed by atoms with Gasteiger partial charge >= 0.3 is 0 Å². The molecule has 2 rings (SSSR count). The maximum atomic E-state index is 8.95. The van der Waals surface area contributed by atoms with Crippen molar-refractivity contribution in [3.05, 3.63) is 60.2 Å². The van der Waals surface area contributed by atoms with Gasteiger partial charge in [-0.1, -0.05) is 57.1 Å². The van der Waals surface area contributed by atoms with Crippen LogP contribution in [0.5, 0.6) is 0 Å². The maximum absolute atomic E-state index is 8.95. The van der Waals surface area contributed by atoms with Crippen LogP contribution in [0.25, 0.3) is 0 Å². The lowest BCUT2D eigenvalue weighted by atomic mass is 10.2. The van der Waals surface area contributed by atoms with E-state index in [0.29, 0.717) is 8.58 Å². The van der Waals surface area contributed by atoms with Gasteiger partial charge in [0.2, 0.25) is 0 Å². The summed E-state index contributed by atoms with van der Waals surface area (Å²) in [5.74, 6) is 0. The minimum Gasteiger partial charge on any atom is -0.192 e. The molecule has 1 atom stereocenters. The fourth-order valence-corrected chi connectivity index (χ4v) is 2.49. The lowest BCUT2D eigenvalue weighted by molar-refractivity contribution is 1.50. The summed E-state index contributed by atoms with van der Waals surface area (Å²) in [6.45, 7) is 0. The average molecular weight is 211 g/mol. The van der Waals surface area contributed by atoms with E-state index >= 15 is 0 Å². The van der Waals surface area contributed by atoms with Gasteiger partial charge in [0, 0.05) is 0 Å². The highest BCUT2D eigenvalue weighted by atomic mass is 31.1. The van der Waals surface area contributed by atoms with E-state index in [1.807, 2.05) is 42.5 Å². The van der Waals surface area contributed by atoms with Crippen molar-refractivity contribution in [1.29, 1.82) is 5.26 Å². The minimum atomic E-state index is 0.560. The van der Waals surface area contributed by atoms with Gasteiger partial charge in [-0.05, 0) is 16.7 Å². The van der Waals surface area contributed by atoms with Gasteiger partial charge < -0.3 is 0 Å². The first-order valence-corrected chi connectivity index (χ1v) is 5.71. The third kappa shape index (κ3) is 2.43. The first kappa shape index (κ1) is 9.90. The molecule has 1 unspecified atom stereocenters. The summed E-state index contributed by atoms with van der Waals surface area (Å²) in [5, 5.41) is 11.3. The highest BCUT2D eigenvalue weighted by Crippen LogP contribution is 2.12. The topological polar surface area (TPSA) is 23.8 Å². The predicted molar refractivity (Wildman–Crippen MR) is 65.2 cm³/mol. The van der Waals surface area contributed by atoms with Crippen LogP contribution in [0.2, 0.25) is 0 Å². The van der Waals surface area contributed by atoms with Crippen LogP contribution >= 0.6 is 8.58 Å². The molecule has 0 saturated heterocycles. The van der Waals surface area contributed by atoms with Crippen LogP contribution < -0.4 is 10.6 Å². The molecule has 0 fully saturated rings. The summed E-state index contributed by atoms with van der Waals surface area (Å²) >= 11 is 0. The number of nitrogens with zero attached hydrogens (tertiary/aromatic N) is 1. The van der Waals surface area contributed by atoms with E-state index in [1.165, 1.54) is 5.30 Å². The predicted octanol–water partition coefficient (Wildman–Crippen LogP) is 2.19. The number of hydrogen-bond donors (Lipinski definition) is 0. The Balaban J connectivity index is 2.29. The Bertz CT molecular complexity index is 485. The number of rotatable bonds is 2. The number of nitriles is 1. The molecule has 0 saturated carbocycles. The third-order valence-corrected chi connectivity index (χ3v) is 3.43. The van der Waals surface area contributed by atoms with Gasteiger partial charge in [-0.15, -0.1) is 0 Å². The number of hydrogen-bond acceptors (Lipinski definition) is 1. The average Bonchev–Trinajstić information content (AvgIpc) is 2.31. The van der Waals surface area contributed by atoms with Gasteiger partial charge in [-0.3, -0.25) is 0 Å². The molecule has 0 aliphatic rings. The molecule has 2 aromatic carbocycles. The Morgan fingerprint density at radius 1 is 0.867 bits per heavy atom. The molecule has 0 aromatic heterocycles. The van der Waals surface area contributed by atoms with Crippen molar-refractivity contribution in [3.8, 4) is 6.07 Å². The monoisotopic (exact) mass is 211 g/mol. The zero-order valence-electron chi connectivity index (χ0n) is 8.14. The fourth-order valence-electron chi connectivity index (χ4n) is 1.37. The molecule has 0 aliphatic carbocycles. The molecule has 0 heterocycles. The van der Waals surface area contributed by atoms with Gasteiger partial charge in [0.25, 0.3) is 0 Å². The highest BCUT2D eigenvalue weighted by molar-refractivity contribution is 7.55. The highest BCUT2D eigenvalue weighted by Gasteiger charge is 2.00. The van der Waals surface area contributed by atoms with E-state index in [9.17, 15) is 0 Å². The van der Waals surface area contributed by atoms with Crippen LogP contribution in [0, 0.1) is 11.3 Å². The molecule has 2 heteroatoms. The second-order valence-electron chi connectivity index (χ2n) is 3.15. The van der Waals surface area contributed by atoms with Crippen LogP contribution in [0.15, 0.2) is 54.6 Å². The summed E-state index contributed by atoms with van der Waals surface area (Å²) in [7, 11) is 0.560. The summed E-state index contributed by atoms with van der Waals surface area (Å²) < 4.78 is 0. The van der Waals surface area contributed by atoms with Crippen molar-refractivity contribution in [1.82, 2.24) is 0 Å². The van der Waals surface area contributed by atoms with Crippen LogP contribution in [-0.4, -0.2) is 0 Å². The molecular formula is C13H10NP. The Morgan fingerprint density at radius 3 is 2.27 bits per heavy atom. The first-order valence-electron chi connectivity index (χ1n) is 4.71. The smallest absolute Gasteiger partial charge is 0.0998 e. The summed E-state index contributed by atoms with van der Waals surface area (Å²) in [4.78, 5) is 0. The van der Waals surface area contributed by atoms with Gasteiger partial charge in [0.15, 0.2) is 0 Å². The van der Waals surface area contributed by atoms with Gasteiger partial charge in [-0.25, -0.2) is 0 Å². The van der Waals surface area contributed by atoms with Crippen LogP contribution in [0.4, 0.5) is 0 Å². The molecule has 15 heavy (non-hydrogen) atoms. The standard InChI is InChI=1S/C13H10NP/c14-10-11-6-4-5-9-13(11)15-12-7-2-1-3-8-12/h1-9,15H. The van der Waals surface area contributed by atoms with Crippen molar-refractivity contribution in [2.24, 2.45) is 0 Å². The molecule has 0 spiro atoms. The molecule has 0 N–H and O–H groups in total. The third-order valence-electron chi connectivity index (χ3n) is 2.10. The summed E-state index contributed by atoms with van der Waals surface area (Å²) in [6.07, 6.45) is 0. The van der Waals surface area contributed by atoms with Gasteiger partial charge in [0.1, 0.15) is 0 Å². The van der Waals surface area contributed by atoms with Crippen molar-refractivity contribution in [3.63, 3.8) is 0 Å². The lowest BCUT2D eigenvalue weighted by Gasteiger charge is -2.03. The molecule has 0 radical (unpaired) electrons. The minimum absolute atomic E-state index is 0.560. The SMILES string of the molecule is N#Cc1ccccc1Pc1ccccc1. The second-order valence-corrected chi connectivity index (χ2v) is 4.51. The first-order chi connectivity index (χ1) is 7.40. The van der Waals surface area contributed by atoms with Gasteiger partial charge in [-0.2, -0.15) is 5.26 Å². The Kier molecular flexibility index (Phi) is 3.12. The molecule has 0 bridgehead atoms. The largest absolute Gasteiger partial charge is 0.192 e. The van der Waals surface area contributed by atoms with E-state index in [-0.39, 0.29) is 0 Å². The van der Waals surface area contributed by atoms with Crippen molar-refractivity contribution in [2.45, 2.75) is 0 Å². The Hall–Kier alpha value is -1.64. The van der Waals surface area contributed by atoms with E-state index in [2.05, 4.69) is 18.2 Å². The van der Waals surface area contributed by atoms with E-state index in [0.717, 1.165) is 10.9 Å². The van der Waals surface area contributed by atoms with Crippen LogP contribution in [-0.2, 0) is 0 Å². The van der Waals surface area contributed by atoms with Crippen molar-refractivity contribution < 1.29 is 0 Å². The molecule has 72 valence electrons. The molecule has 2 aromatic rings. The van der Waals surface area contributed by atoms with Crippen LogP contribution in [0.1, 0.15) is 5.56 Å². The van der Waals surface area contributed by atoms with E-state index in [1.54, 1.807) is 0 Å². The fraction of sp³-hybridized carbons (Fsp3) is 0. The second kappa shape index (κ2) is 4.73. The molecule has 1 nitrogen and oxygen atoms in total. The summed E-state index contributed by atoms with van der Waals surface area (Å²) in [6, 6.07) is 20.2. The number of benzene rings is 2. The van der Waals surface area contributed by atoms with Crippen molar-refractivity contribution >= 4 is 19.2 Å². The van der Waals surface area contributed by atoms with Crippen LogP contribution in [0.3, 0.4) is 0 Å². The van der Waals surface area contributed by atoms with Crippen molar-refractivity contribution in [2.75, 3.05) is 0 Å². The van der Waals surface area contributed by atoms with E-state index in [4.69, 9.17) is 5.26 Å².